The molecule has 0 aliphatic carbocycles. The van der Waals surface area contributed by atoms with Crippen LogP contribution in [-0.4, -0.2) is 49.3 Å². The average molecular weight is 240 g/mol. The van der Waals surface area contributed by atoms with Crippen LogP contribution in [0, 0.1) is 0 Å². The third-order valence-corrected chi connectivity index (χ3v) is 4.33. The van der Waals surface area contributed by atoms with Crippen molar-refractivity contribution < 1.29 is 4.74 Å². The maximum atomic E-state index is 5.54. The van der Waals surface area contributed by atoms with Crippen molar-refractivity contribution >= 4 is 0 Å². The van der Waals surface area contributed by atoms with Gasteiger partial charge in [-0.1, -0.05) is 13.3 Å². The first-order chi connectivity index (χ1) is 8.31. The van der Waals surface area contributed by atoms with E-state index in [1.165, 1.54) is 38.6 Å². The van der Waals surface area contributed by atoms with Crippen molar-refractivity contribution in [1.29, 1.82) is 0 Å². The molecule has 0 saturated carbocycles. The number of hydrogen-bond donors (Lipinski definition) is 1. The van der Waals surface area contributed by atoms with E-state index >= 15 is 0 Å². The fourth-order valence-corrected chi connectivity index (χ4v) is 3.36. The number of hydrogen-bond acceptors (Lipinski definition) is 3. The maximum Gasteiger partial charge on any atom is 0.0620 e. The SMILES string of the molecule is CCC1CCCCN1C(C)CC1COCCN1. The molecule has 2 aliphatic rings. The second-order valence-electron chi connectivity index (χ2n) is 5.61. The zero-order valence-corrected chi connectivity index (χ0v) is 11.5. The Morgan fingerprint density at radius 3 is 3.00 bits per heavy atom. The van der Waals surface area contributed by atoms with E-state index in [0.29, 0.717) is 12.1 Å². The molecular formula is C14H28N2O. The van der Waals surface area contributed by atoms with E-state index in [4.69, 9.17) is 4.74 Å². The molecule has 2 aliphatic heterocycles. The van der Waals surface area contributed by atoms with Crippen LogP contribution >= 0.6 is 0 Å². The van der Waals surface area contributed by atoms with Crippen LogP contribution in [0.2, 0.25) is 0 Å². The molecule has 2 fully saturated rings. The summed E-state index contributed by atoms with van der Waals surface area (Å²) in [5, 5.41) is 3.57. The molecule has 0 aromatic carbocycles. The van der Waals surface area contributed by atoms with Gasteiger partial charge in [-0.15, -0.1) is 0 Å². The van der Waals surface area contributed by atoms with Crippen LogP contribution in [0.15, 0.2) is 0 Å². The number of rotatable bonds is 4. The zero-order valence-electron chi connectivity index (χ0n) is 11.5. The largest absolute Gasteiger partial charge is 0.379 e. The van der Waals surface area contributed by atoms with E-state index in [0.717, 1.165) is 25.8 Å². The molecule has 0 aromatic heterocycles. The van der Waals surface area contributed by atoms with Crippen molar-refractivity contribution in [2.45, 2.75) is 64.1 Å². The molecule has 0 spiro atoms. The molecular weight excluding hydrogens is 212 g/mol. The van der Waals surface area contributed by atoms with Gasteiger partial charge in [-0.25, -0.2) is 0 Å². The van der Waals surface area contributed by atoms with E-state index in [-0.39, 0.29) is 0 Å². The monoisotopic (exact) mass is 240 g/mol. The number of piperidine rings is 1. The van der Waals surface area contributed by atoms with Gasteiger partial charge in [0.05, 0.1) is 13.2 Å². The van der Waals surface area contributed by atoms with Gasteiger partial charge in [0.25, 0.3) is 0 Å². The molecule has 3 nitrogen and oxygen atoms in total. The Bertz CT molecular complexity index is 216. The minimum Gasteiger partial charge on any atom is -0.379 e. The maximum absolute atomic E-state index is 5.54. The lowest BCUT2D eigenvalue weighted by atomic mass is 9.96. The van der Waals surface area contributed by atoms with Gasteiger partial charge in [-0.2, -0.15) is 0 Å². The highest BCUT2D eigenvalue weighted by atomic mass is 16.5. The van der Waals surface area contributed by atoms with Crippen molar-refractivity contribution in [2.24, 2.45) is 0 Å². The second-order valence-corrected chi connectivity index (χ2v) is 5.61. The highest BCUT2D eigenvalue weighted by Crippen LogP contribution is 2.23. The topological polar surface area (TPSA) is 24.5 Å². The molecule has 100 valence electrons. The Morgan fingerprint density at radius 2 is 2.29 bits per heavy atom. The minimum absolute atomic E-state index is 0.568. The van der Waals surface area contributed by atoms with Crippen molar-refractivity contribution in [2.75, 3.05) is 26.3 Å². The molecule has 3 atom stereocenters. The van der Waals surface area contributed by atoms with E-state index in [2.05, 4.69) is 24.1 Å². The van der Waals surface area contributed by atoms with Gasteiger partial charge in [-0.3, -0.25) is 4.90 Å². The molecule has 0 amide bonds. The number of morpholine rings is 1. The first-order valence-electron chi connectivity index (χ1n) is 7.38. The van der Waals surface area contributed by atoms with Gasteiger partial charge in [0, 0.05) is 24.7 Å². The molecule has 2 rings (SSSR count). The van der Waals surface area contributed by atoms with Crippen molar-refractivity contribution in [3.63, 3.8) is 0 Å². The number of ether oxygens (including phenoxy) is 1. The van der Waals surface area contributed by atoms with E-state index in [9.17, 15) is 0 Å². The van der Waals surface area contributed by atoms with Crippen molar-refractivity contribution in [1.82, 2.24) is 10.2 Å². The summed E-state index contributed by atoms with van der Waals surface area (Å²) >= 11 is 0. The Kier molecular flexibility index (Phi) is 5.26. The van der Waals surface area contributed by atoms with Crippen LogP contribution < -0.4 is 5.32 Å². The molecule has 17 heavy (non-hydrogen) atoms. The summed E-state index contributed by atoms with van der Waals surface area (Å²) in [5.41, 5.74) is 0. The van der Waals surface area contributed by atoms with Gasteiger partial charge >= 0.3 is 0 Å². The van der Waals surface area contributed by atoms with E-state index in [1.54, 1.807) is 0 Å². The van der Waals surface area contributed by atoms with Gasteiger partial charge in [0.15, 0.2) is 0 Å². The van der Waals surface area contributed by atoms with Crippen LogP contribution in [0.1, 0.15) is 46.0 Å². The normalized spacial score (nSPS) is 33.5. The standard InChI is InChI=1S/C14H28N2O/c1-3-14-6-4-5-8-16(14)12(2)10-13-11-17-9-7-15-13/h12-15H,3-11H2,1-2H3. The third-order valence-electron chi connectivity index (χ3n) is 4.33. The highest BCUT2D eigenvalue weighted by molar-refractivity contribution is 4.83. The predicted octanol–water partition coefficient (Wildman–Crippen LogP) is 2.02. The van der Waals surface area contributed by atoms with Crippen molar-refractivity contribution in [3.8, 4) is 0 Å². The smallest absolute Gasteiger partial charge is 0.0620 e. The predicted molar refractivity (Wildman–Crippen MR) is 71.3 cm³/mol. The third kappa shape index (κ3) is 3.67. The molecule has 3 heteroatoms. The fraction of sp³-hybridized carbons (Fsp3) is 1.00. The van der Waals surface area contributed by atoms with Crippen LogP contribution in [0.3, 0.4) is 0 Å². The lowest BCUT2D eigenvalue weighted by molar-refractivity contribution is 0.0459. The molecule has 2 saturated heterocycles. The lowest BCUT2D eigenvalue weighted by Gasteiger charge is -2.41. The summed E-state index contributed by atoms with van der Waals surface area (Å²) < 4.78 is 5.54. The average Bonchev–Trinajstić information content (AvgIpc) is 2.40. The molecule has 0 radical (unpaired) electrons. The van der Waals surface area contributed by atoms with Gasteiger partial charge in [0.2, 0.25) is 0 Å². The van der Waals surface area contributed by atoms with Crippen LogP contribution in [0.25, 0.3) is 0 Å². The molecule has 0 bridgehead atoms. The highest BCUT2D eigenvalue weighted by Gasteiger charge is 2.27. The fourth-order valence-electron chi connectivity index (χ4n) is 3.36. The number of likely N-dealkylation sites (tertiary alicyclic amines) is 1. The Balaban J connectivity index is 1.82. The summed E-state index contributed by atoms with van der Waals surface area (Å²) in [6.07, 6.45) is 6.74. The second kappa shape index (κ2) is 6.72. The zero-order chi connectivity index (χ0) is 12.1. The molecule has 2 heterocycles. The lowest BCUT2D eigenvalue weighted by Crippen LogP contribution is -2.49. The summed E-state index contributed by atoms with van der Waals surface area (Å²) in [5.74, 6) is 0. The minimum atomic E-state index is 0.568. The summed E-state index contributed by atoms with van der Waals surface area (Å²) in [6, 6.07) is 2.08. The van der Waals surface area contributed by atoms with Gasteiger partial charge < -0.3 is 10.1 Å². The quantitative estimate of drug-likeness (QED) is 0.813. The Hall–Kier alpha value is -0.120. The number of nitrogens with zero attached hydrogens (tertiary/aromatic N) is 1. The van der Waals surface area contributed by atoms with Crippen LogP contribution in [0.4, 0.5) is 0 Å². The van der Waals surface area contributed by atoms with Gasteiger partial charge in [-0.05, 0) is 39.2 Å². The first kappa shape index (κ1) is 13.3. The molecule has 0 aromatic rings. The molecule has 1 N–H and O–H groups in total. The van der Waals surface area contributed by atoms with Gasteiger partial charge in [0.1, 0.15) is 0 Å². The summed E-state index contributed by atoms with van der Waals surface area (Å²) in [4.78, 5) is 2.74. The van der Waals surface area contributed by atoms with Crippen molar-refractivity contribution in [3.05, 3.63) is 0 Å². The summed E-state index contributed by atoms with van der Waals surface area (Å²) in [6.45, 7) is 8.82. The van der Waals surface area contributed by atoms with E-state index < -0.39 is 0 Å². The number of nitrogens with one attached hydrogen (secondary N) is 1. The van der Waals surface area contributed by atoms with E-state index in [1.807, 2.05) is 0 Å². The molecule has 3 unspecified atom stereocenters. The Labute approximate surface area is 106 Å². The first-order valence-corrected chi connectivity index (χ1v) is 7.38. The Morgan fingerprint density at radius 1 is 1.41 bits per heavy atom. The summed E-state index contributed by atoms with van der Waals surface area (Å²) in [7, 11) is 0. The van der Waals surface area contributed by atoms with Crippen LogP contribution in [0.5, 0.6) is 0 Å². The van der Waals surface area contributed by atoms with Crippen LogP contribution in [-0.2, 0) is 4.74 Å².